The van der Waals surface area contributed by atoms with E-state index in [0.29, 0.717) is 6.54 Å². The number of halogens is 1. The van der Waals surface area contributed by atoms with Gasteiger partial charge in [0.25, 0.3) is 0 Å². The van der Waals surface area contributed by atoms with Gasteiger partial charge in [-0.3, -0.25) is 4.79 Å². The Labute approximate surface area is 124 Å². The first kappa shape index (κ1) is 16.0. The highest BCUT2D eigenvalue weighted by Gasteiger charge is 2.28. The van der Waals surface area contributed by atoms with Crippen molar-refractivity contribution in [1.29, 1.82) is 0 Å². The molecule has 1 rings (SSSR count). The van der Waals surface area contributed by atoms with Crippen LogP contribution in [0, 0.1) is 0 Å². The monoisotopic (exact) mass is 323 g/mol. The maximum atomic E-state index is 12.5. The van der Waals surface area contributed by atoms with E-state index in [2.05, 4.69) is 22.9 Å². The van der Waals surface area contributed by atoms with Crippen LogP contribution in [0.5, 0.6) is 0 Å². The first-order chi connectivity index (χ1) is 8.84. The van der Waals surface area contributed by atoms with Gasteiger partial charge in [-0.1, -0.05) is 58.8 Å². The Morgan fingerprint density at radius 2 is 1.89 bits per heavy atom. The van der Waals surface area contributed by atoms with Crippen LogP contribution in [0.15, 0.2) is 42.1 Å². The Morgan fingerprint density at radius 3 is 2.37 bits per heavy atom. The summed E-state index contributed by atoms with van der Waals surface area (Å²) in [7, 11) is 0. The zero-order valence-electron chi connectivity index (χ0n) is 12.1. The predicted octanol–water partition coefficient (Wildman–Crippen LogP) is 4.50. The van der Waals surface area contributed by atoms with Crippen LogP contribution in [0.25, 0.3) is 0 Å². The Kier molecular flexibility index (Phi) is 5.80. The first-order valence-corrected chi connectivity index (χ1v) is 7.35. The zero-order valence-corrected chi connectivity index (χ0v) is 13.7. The van der Waals surface area contributed by atoms with E-state index in [9.17, 15) is 4.79 Å². The molecule has 2 nitrogen and oxygen atoms in total. The summed E-state index contributed by atoms with van der Waals surface area (Å²) >= 11 is 3.45. The largest absolute Gasteiger partial charge is 0.314 e. The van der Waals surface area contributed by atoms with E-state index < -0.39 is 4.32 Å². The van der Waals surface area contributed by atoms with Crippen molar-refractivity contribution in [1.82, 2.24) is 4.90 Å². The second kappa shape index (κ2) is 6.90. The minimum Gasteiger partial charge on any atom is -0.314 e. The molecule has 0 atom stereocenters. The Bertz CT molecular complexity index is 446. The highest BCUT2D eigenvalue weighted by Crippen LogP contribution is 2.22. The Morgan fingerprint density at radius 1 is 1.32 bits per heavy atom. The van der Waals surface area contributed by atoms with Gasteiger partial charge < -0.3 is 4.90 Å². The summed E-state index contributed by atoms with van der Waals surface area (Å²) in [6.45, 7) is 8.50. The van der Waals surface area contributed by atoms with E-state index >= 15 is 0 Å². The molecule has 3 heteroatoms. The van der Waals surface area contributed by atoms with Crippen molar-refractivity contribution >= 4 is 21.8 Å². The molecule has 19 heavy (non-hydrogen) atoms. The van der Waals surface area contributed by atoms with Crippen LogP contribution in [0.3, 0.4) is 0 Å². The fourth-order valence-electron chi connectivity index (χ4n) is 1.65. The zero-order chi connectivity index (χ0) is 14.5. The second-order valence-electron chi connectivity index (χ2n) is 5.22. The number of allylic oxidation sites excluding steroid dienone is 1. The van der Waals surface area contributed by atoms with Gasteiger partial charge in [0.15, 0.2) is 0 Å². The highest BCUT2D eigenvalue weighted by molar-refractivity contribution is 9.10. The third-order valence-corrected chi connectivity index (χ3v) is 3.24. The fourth-order valence-corrected chi connectivity index (χ4v) is 1.88. The molecule has 104 valence electrons. The quantitative estimate of drug-likeness (QED) is 0.730. The minimum atomic E-state index is -0.549. The van der Waals surface area contributed by atoms with Gasteiger partial charge in [0.1, 0.15) is 0 Å². The average molecular weight is 324 g/mol. The van der Waals surface area contributed by atoms with Crippen molar-refractivity contribution in [3.63, 3.8) is 0 Å². The van der Waals surface area contributed by atoms with E-state index in [4.69, 9.17) is 0 Å². The predicted molar refractivity (Wildman–Crippen MR) is 84.0 cm³/mol. The van der Waals surface area contributed by atoms with Gasteiger partial charge >= 0.3 is 0 Å². The van der Waals surface area contributed by atoms with Crippen LogP contribution in [-0.2, 0) is 11.3 Å². The van der Waals surface area contributed by atoms with Crippen LogP contribution in [-0.4, -0.2) is 15.1 Å². The lowest BCUT2D eigenvalue weighted by Crippen LogP contribution is -2.38. The van der Waals surface area contributed by atoms with Crippen LogP contribution < -0.4 is 0 Å². The molecule has 0 aliphatic heterocycles. The average Bonchev–Trinajstić information content (AvgIpc) is 2.37. The van der Waals surface area contributed by atoms with Gasteiger partial charge in [-0.2, -0.15) is 0 Å². The van der Waals surface area contributed by atoms with Gasteiger partial charge in [0.05, 0.1) is 10.9 Å². The standard InChI is InChI=1S/C16H22BrNO/c1-5-13(2)11-18(15(19)16(3,4)17)12-14-9-7-6-8-10-14/h6-11H,5,12H2,1-4H3/b13-11+. The molecule has 1 amide bonds. The summed E-state index contributed by atoms with van der Waals surface area (Å²) in [6.07, 6.45) is 2.90. The van der Waals surface area contributed by atoms with E-state index in [1.54, 1.807) is 4.90 Å². The van der Waals surface area contributed by atoms with E-state index in [1.807, 2.05) is 57.3 Å². The van der Waals surface area contributed by atoms with Crippen LogP contribution in [0.4, 0.5) is 0 Å². The molecule has 0 spiro atoms. The number of carbonyl (C=O) groups is 1. The number of hydrogen-bond donors (Lipinski definition) is 0. The first-order valence-electron chi connectivity index (χ1n) is 6.55. The topological polar surface area (TPSA) is 20.3 Å². The van der Waals surface area contributed by atoms with Crippen LogP contribution in [0.1, 0.15) is 39.7 Å². The maximum absolute atomic E-state index is 12.5. The lowest BCUT2D eigenvalue weighted by Gasteiger charge is -2.26. The summed E-state index contributed by atoms with van der Waals surface area (Å²) in [5, 5.41) is 0. The molecule has 0 fully saturated rings. The van der Waals surface area contributed by atoms with Crippen molar-refractivity contribution < 1.29 is 4.79 Å². The number of benzene rings is 1. The molecule has 0 N–H and O–H groups in total. The molecule has 0 saturated heterocycles. The lowest BCUT2D eigenvalue weighted by atomic mass is 10.1. The molecule has 0 bridgehead atoms. The van der Waals surface area contributed by atoms with Gasteiger partial charge in [-0.05, 0) is 32.8 Å². The number of alkyl halides is 1. The molecule has 0 aliphatic rings. The minimum absolute atomic E-state index is 0.0733. The molecule has 0 saturated carbocycles. The SMILES string of the molecule is CC/C(C)=C/N(Cc1ccccc1)C(=O)C(C)(C)Br. The van der Waals surface area contributed by atoms with Gasteiger partial charge in [-0.25, -0.2) is 0 Å². The number of rotatable bonds is 5. The summed E-state index contributed by atoms with van der Waals surface area (Å²) < 4.78 is -0.549. The van der Waals surface area contributed by atoms with Crippen molar-refractivity contribution in [2.75, 3.05) is 0 Å². The third-order valence-electron chi connectivity index (χ3n) is 2.90. The molecular formula is C16H22BrNO. The smallest absolute Gasteiger partial charge is 0.243 e. The highest BCUT2D eigenvalue weighted by atomic mass is 79.9. The summed E-state index contributed by atoms with van der Waals surface area (Å²) in [6, 6.07) is 10.0. The number of carbonyl (C=O) groups excluding carboxylic acids is 1. The van der Waals surface area contributed by atoms with Gasteiger partial charge in [0, 0.05) is 6.20 Å². The third kappa shape index (κ3) is 5.19. The van der Waals surface area contributed by atoms with E-state index in [-0.39, 0.29) is 5.91 Å². The summed E-state index contributed by atoms with van der Waals surface area (Å²) in [4.78, 5) is 14.2. The van der Waals surface area contributed by atoms with Crippen molar-refractivity contribution in [3.05, 3.63) is 47.7 Å². The maximum Gasteiger partial charge on any atom is 0.243 e. The lowest BCUT2D eigenvalue weighted by molar-refractivity contribution is -0.130. The normalized spacial score (nSPS) is 12.4. The van der Waals surface area contributed by atoms with Gasteiger partial charge in [-0.15, -0.1) is 0 Å². The van der Waals surface area contributed by atoms with Crippen molar-refractivity contribution in [3.8, 4) is 0 Å². The fraction of sp³-hybridized carbons (Fsp3) is 0.438. The Hall–Kier alpha value is -1.09. The molecular weight excluding hydrogens is 302 g/mol. The van der Waals surface area contributed by atoms with Crippen LogP contribution in [0.2, 0.25) is 0 Å². The van der Waals surface area contributed by atoms with Crippen molar-refractivity contribution in [2.24, 2.45) is 0 Å². The number of hydrogen-bond acceptors (Lipinski definition) is 1. The van der Waals surface area contributed by atoms with Gasteiger partial charge in [0.2, 0.25) is 5.91 Å². The Balaban J connectivity index is 2.97. The molecule has 0 unspecified atom stereocenters. The summed E-state index contributed by atoms with van der Waals surface area (Å²) in [5.41, 5.74) is 2.33. The molecule has 0 aromatic heterocycles. The number of amides is 1. The molecule has 0 heterocycles. The molecule has 1 aromatic carbocycles. The van der Waals surface area contributed by atoms with E-state index in [1.165, 1.54) is 5.57 Å². The van der Waals surface area contributed by atoms with Crippen LogP contribution >= 0.6 is 15.9 Å². The molecule has 1 aromatic rings. The molecule has 0 radical (unpaired) electrons. The summed E-state index contributed by atoms with van der Waals surface area (Å²) in [5.74, 6) is 0.0733. The van der Waals surface area contributed by atoms with E-state index in [0.717, 1.165) is 12.0 Å². The second-order valence-corrected chi connectivity index (χ2v) is 7.20. The van der Waals surface area contributed by atoms with Crippen molar-refractivity contribution in [2.45, 2.75) is 45.0 Å². The number of nitrogens with zero attached hydrogens (tertiary/aromatic N) is 1. The molecule has 0 aliphatic carbocycles.